The van der Waals surface area contributed by atoms with Gasteiger partial charge in [-0.1, -0.05) is 13.8 Å². The predicted molar refractivity (Wildman–Crippen MR) is 64.4 cm³/mol. The van der Waals surface area contributed by atoms with Crippen molar-refractivity contribution in [3.05, 3.63) is 0 Å². The number of carboxylic acid groups (broad SMARTS) is 1. The molecule has 98 valence electrons. The van der Waals surface area contributed by atoms with E-state index in [0.29, 0.717) is 12.5 Å². The third-order valence-electron chi connectivity index (χ3n) is 2.90. The Morgan fingerprint density at radius 3 is 2.41 bits per heavy atom. The summed E-state index contributed by atoms with van der Waals surface area (Å²) in [6.07, 6.45) is 2.46. The molecule has 1 amide bonds. The largest absolute Gasteiger partial charge is 0.480 e. The van der Waals surface area contributed by atoms with Crippen LogP contribution in [0, 0.1) is 11.8 Å². The summed E-state index contributed by atoms with van der Waals surface area (Å²) < 4.78 is 0. The Balaban J connectivity index is 2.48. The fraction of sp³-hybridized carbons (Fsp3) is 0.833. The van der Waals surface area contributed by atoms with Crippen LogP contribution in [0.4, 0.5) is 0 Å². The standard InChI is InChI=1S/C12H22N2O3/c1-8(2)6-14(7-12(16)17)11(15)5-10(13)9-3-4-9/h8-10H,3-7,13H2,1-2H3,(H,16,17). The first-order valence-electron chi connectivity index (χ1n) is 6.15. The van der Waals surface area contributed by atoms with E-state index in [9.17, 15) is 9.59 Å². The van der Waals surface area contributed by atoms with Gasteiger partial charge in [-0.15, -0.1) is 0 Å². The monoisotopic (exact) mass is 242 g/mol. The van der Waals surface area contributed by atoms with E-state index in [1.165, 1.54) is 4.90 Å². The molecule has 0 aliphatic heterocycles. The van der Waals surface area contributed by atoms with Gasteiger partial charge < -0.3 is 15.7 Å². The molecule has 0 aromatic carbocycles. The van der Waals surface area contributed by atoms with Crippen molar-refractivity contribution in [3.63, 3.8) is 0 Å². The average Bonchev–Trinajstić information content (AvgIpc) is 2.97. The Kier molecular flexibility index (Phi) is 4.93. The number of nitrogens with two attached hydrogens (primary N) is 1. The number of aliphatic carboxylic acids is 1. The SMILES string of the molecule is CC(C)CN(CC(=O)O)C(=O)CC(N)C1CC1. The predicted octanol–water partition coefficient (Wildman–Crippen LogP) is 0.683. The first kappa shape index (κ1) is 14.0. The minimum atomic E-state index is -0.973. The molecule has 0 radical (unpaired) electrons. The van der Waals surface area contributed by atoms with E-state index in [1.807, 2.05) is 13.8 Å². The van der Waals surface area contributed by atoms with Crippen molar-refractivity contribution in [3.8, 4) is 0 Å². The highest BCUT2D eigenvalue weighted by molar-refractivity contribution is 5.81. The van der Waals surface area contributed by atoms with Gasteiger partial charge in [0.1, 0.15) is 6.54 Å². The Hall–Kier alpha value is -1.10. The molecule has 0 bridgehead atoms. The first-order chi connectivity index (χ1) is 7.90. The van der Waals surface area contributed by atoms with Gasteiger partial charge in [-0.3, -0.25) is 9.59 Å². The van der Waals surface area contributed by atoms with Crippen molar-refractivity contribution in [2.45, 2.75) is 39.2 Å². The van der Waals surface area contributed by atoms with E-state index in [1.54, 1.807) is 0 Å². The van der Waals surface area contributed by atoms with Crippen molar-refractivity contribution in [1.82, 2.24) is 4.90 Å². The van der Waals surface area contributed by atoms with Gasteiger partial charge in [-0.05, 0) is 24.7 Å². The van der Waals surface area contributed by atoms with Crippen molar-refractivity contribution >= 4 is 11.9 Å². The lowest BCUT2D eigenvalue weighted by atomic mass is 10.1. The molecule has 5 nitrogen and oxygen atoms in total. The quantitative estimate of drug-likeness (QED) is 0.687. The number of carboxylic acids is 1. The number of hydrogen-bond acceptors (Lipinski definition) is 3. The minimum absolute atomic E-state index is 0.106. The normalized spacial score (nSPS) is 16.9. The molecule has 0 saturated heterocycles. The molecule has 0 spiro atoms. The van der Waals surface area contributed by atoms with Gasteiger partial charge in [0.25, 0.3) is 0 Å². The molecular weight excluding hydrogens is 220 g/mol. The maximum Gasteiger partial charge on any atom is 0.323 e. The molecule has 1 rings (SSSR count). The number of carbonyl (C=O) groups is 2. The molecule has 5 heteroatoms. The molecule has 1 fully saturated rings. The maximum atomic E-state index is 11.9. The van der Waals surface area contributed by atoms with Gasteiger partial charge in [0.05, 0.1) is 0 Å². The highest BCUT2D eigenvalue weighted by Crippen LogP contribution is 2.33. The van der Waals surface area contributed by atoms with E-state index >= 15 is 0 Å². The van der Waals surface area contributed by atoms with Crippen LogP contribution in [0.1, 0.15) is 33.1 Å². The maximum absolute atomic E-state index is 11.9. The third kappa shape index (κ3) is 5.17. The molecule has 0 aromatic heterocycles. The molecule has 1 atom stereocenters. The van der Waals surface area contributed by atoms with Crippen molar-refractivity contribution in [2.24, 2.45) is 17.6 Å². The van der Waals surface area contributed by atoms with Crippen molar-refractivity contribution in [2.75, 3.05) is 13.1 Å². The molecule has 1 unspecified atom stereocenters. The summed E-state index contributed by atoms with van der Waals surface area (Å²) >= 11 is 0. The topological polar surface area (TPSA) is 83.6 Å². The zero-order chi connectivity index (χ0) is 13.0. The van der Waals surface area contributed by atoms with E-state index in [2.05, 4.69) is 0 Å². The molecule has 1 aliphatic carbocycles. The van der Waals surface area contributed by atoms with Crippen LogP contribution in [0.2, 0.25) is 0 Å². The molecule has 0 aromatic rings. The molecular formula is C12H22N2O3. The number of amides is 1. The number of hydrogen-bond donors (Lipinski definition) is 2. The van der Waals surface area contributed by atoms with E-state index < -0.39 is 5.97 Å². The summed E-state index contributed by atoms with van der Waals surface area (Å²) in [6, 6.07) is -0.106. The van der Waals surface area contributed by atoms with Crippen LogP contribution in [-0.4, -0.2) is 41.0 Å². The molecule has 3 N–H and O–H groups in total. The second kappa shape index (κ2) is 6.00. The third-order valence-corrected chi connectivity index (χ3v) is 2.90. The van der Waals surface area contributed by atoms with Gasteiger partial charge >= 0.3 is 5.97 Å². The van der Waals surface area contributed by atoms with Crippen LogP contribution < -0.4 is 5.73 Å². The highest BCUT2D eigenvalue weighted by Gasteiger charge is 2.31. The molecule has 0 heterocycles. The Morgan fingerprint density at radius 2 is 2.00 bits per heavy atom. The zero-order valence-electron chi connectivity index (χ0n) is 10.6. The Bertz CT molecular complexity index is 287. The van der Waals surface area contributed by atoms with Crippen LogP contribution in [0.5, 0.6) is 0 Å². The number of rotatable bonds is 7. The van der Waals surface area contributed by atoms with Gasteiger partial charge in [0.2, 0.25) is 5.91 Å². The second-order valence-corrected chi connectivity index (χ2v) is 5.27. The fourth-order valence-corrected chi connectivity index (χ4v) is 1.88. The Labute approximate surface area is 102 Å². The minimum Gasteiger partial charge on any atom is -0.480 e. The molecule has 1 aliphatic rings. The highest BCUT2D eigenvalue weighted by atomic mass is 16.4. The van der Waals surface area contributed by atoms with Crippen LogP contribution in [-0.2, 0) is 9.59 Å². The zero-order valence-corrected chi connectivity index (χ0v) is 10.6. The fourth-order valence-electron chi connectivity index (χ4n) is 1.88. The number of nitrogens with zero attached hydrogens (tertiary/aromatic N) is 1. The summed E-state index contributed by atoms with van der Waals surface area (Å²) in [5, 5.41) is 8.78. The van der Waals surface area contributed by atoms with Gasteiger partial charge in [0.15, 0.2) is 0 Å². The first-order valence-corrected chi connectivity index (χ1v) is 6.15. The van der Waals surface area contributed by atoms with E-state index in [-0.39, 0.29) is 30.8 Å². The summed E-state index contributed by atoms with van der Waals surface area (Å²) in [7, 11) is 0. The van der Waals surface area contributed by atoms with E-state index in [4.69, 9.17) is 10.8 Å². The van der Waals surface area contributed by atoms with Crippen LogP contribution in [0.25, 0.3) is 0 Å². The lowest BCUT2D eigenvalue weighted by Crippen LogP contribution is -2.41. The number of carbonyl (C=O) groups excluding carboxylic acids is 1. The molecule has 17 heavy (non-hydrogen) atoms. The van der Waals surface area contributed by atoms with Crippen molar-refractivity contribution in [1.29, 1.82) is 0 Å². The second-order valence-electron chi connectivity index (χ2n) is 5.27. The van der Waals surface area contributed by atoms with Crippen molar-refractivity contribution < 1.29 is 14.7 Å². The lowest BCUT2D eigenvalue weighted by Gasteiger charge is -2.24. The Morgan fingerprint density at radius 1 is 1.41 bits per heavy atom. The van der Waals surface area contributed by atoms with Crippen LogP contribution in [0.15, 0.2) is 0 Å². The van der Waals surface area contributed by atoms with Gasteiger partial charge in [-0.2, -0.15) is 0 Å². The van der Waals surface area contributed by atoms with Gasteiger partial charge in [-0.25, -0.2) is 0 Å². The van der Waals surface area contributed by atoms with Crippen LogP contribution >= 0.6 is 0 Å². The summed E-state index contributed by atoms with van der Waals surface area (Å²) in [6.45, 7) is 4.17. The average molecular weight is 242 g/mol. The smallest absolute Gasteiger partial charge is 0.323 e. The summed E-state index contributed by atoms with van der Waals surface area (Å²) in [5.74, 6) is -0.389. The van der Waals surface area contributed by atoms with Crippen LogP contribution in [0.3, 0.4) is 0 Å². The molecule has 1 saturated carbocycles. The van der Waals surface area contributed by atoms with Gasteiger partial charge in [0, 0.05) is 19.0 Å². The van der Waals surface area contributed by atoms with E-state index in [0.717, 1.165) is 12.8 Å². The summed E-state index contributed by atoms with van der Waals surface area (Å²) in [4.78, 5) is 24.0. The summed E-state index contributed by atoms with van der Waals surface area (Å²) in [5.41, 5.74) is 5.88. The lowest BCUT2D eigenvalue weighted by molar-refractivity contribution is -0.145.